The second-order valence-electron chi connectivity index (χ2n) is 6.47. The van der Waals surface area contributed by atoms with Gasteiger partial charge in [0.2, 0.25) is 5.95 Å². The van der Waals surface area contributed by atoms with E-state index in [1.807, 2.05) is 18.2 Å². The maximum atomic E-state index is 12.4. The van der Waals surface area contributed by atoms with Crippen LogP contribution in [0.1, 0.15) is 35.7 Å². The number of rotatable bonds is 6. The maximum Gasteiger partial charge on any atom is 0.258 e. The fourth-order valence-corrected chi connectivity index (χ4v) is 2.95. The molecule has 0 aliphatic carbocycles. The van der Waals surface area contributed by atoms with Gasteiger partial charge in [-0.25, -0.2) is 9.97 Å². The molecule has 1 heterocycles. The van der Waals surface area contributed by atoms with E-state index in [4.69, 9.17) is 16.3 Å². The van der Waals surface area contributed by atoms with Gasteiger partial charge in [0, 0.05) is 23.8 Å². The lowest BCUT2D eigenvalue weighted by molar-refractivity contribution is 0.102. The Labute approximate surface area is 168 Å². The number of benzene rings is 2. The van der Waals surface area contributed by atoms with E-state index < -0.39 is 0 Å². The van der Waals surface area contributed by atoms with E-state index in [0.29, 0.717) is 33.9 Å². The first kappa shape index (κ1) is 19.6. The van der Waals surface area contributed by atoms with Gasteiger partial charge in [-0.1, -0.05) is 43.6 Å². The van der Waals surface area contributed by atoms with Crippen LogP contribution < -0.4 is 15.4 Å². The summed E-state index contributed by atoms with van der Waals surface area (Å²) >= 11 is 6.08. The molecule has 0 fully saturated rings. The number of nitrogens with zero attached hydrogens (tertiary/aromatic N) is 2. The van der Waals surface area contributed by atoms with Gasteiger partial charge in [-0.05, 0) is 35.7 Å². The first-order valence-corrected chi connectivity index (χ1v) is 9.18. The number of hydrogen-bond acceptors (Lipinski definition) is 5. The Morgan fingerprint density at radius 3 is 2.46 bits per heavy atom. The van der Waals surface area contributed by atoms with Crippen molar-refractivity contribution in [3.8, 4) is 5.75 Å². The number of halogens is 1. The smallest absolute Gasteiger partial charge is 0.258 e. The first-order valence-electron chi connectivity index (χ1n) is 8.81. The van der Waals surface area contributed by atoms with Crippen LogP contribution in [0.5, 0.6) is 5.75 Å². The van der Waals surface area contributed by atoms with Crippen LogP contribution >= 0.6 is 11.6 Å². The third-order valence-corrected chi connectivity index (χ3v) is 4.45. The van der Waals surface area contributed by atoms with Crippen molar-refractivity contribution in [2.45, 2.75) is 19.8 Å². The summed E-state index contributed by atoms with van der Waals surface area (Å²) in [6, 6.07) is 13.0. The summed E-state index contributed by atoms with van der Waals surface area (Å²) in [5.74, 6) is 1.01. The minimum absolute atomic E-state index is 0.324. The van der Waals surface area contributed by atoms with E-state index in [-0.39, 0.29) is 5.91 Å². The van der Waals surface area contributed by atoms with Crippen molar-refractivity contribution in [3.63, 3.8) is 0 Å². The van der Waals surface area contributed by atoms with Gasteiger partial charge in [0.1, 0.15) is 5.75 Å². The summed E-state index contributed by atoms with van der Waals surface area (Å²) in [5, 5.41) is 6.39. The highest BCUT2D eigenvalue weighted by molar-refractivity contribution is 6.32. The summed E-state index contributed by atoms with van der Waals surface area (Å²) in [6.45, 7) is 4.25. The lowest BCUT2D eigenvalue weighted by Crippen LogP contribution is -2.13. The van der Waals surface area contributed by atoms with Gasteiger partial charge in [0.25, 0.3) is 5.91 Å². The van der Waals surface area contributed by atoms with E-state index in [0.717, 1.165) is 5.69 Å². The van der Waals surface area contributed by atoms with E-state index >= 15 is 0 Å². The van der Waals surface area contributed by atoms with Crippen molar-refractivity contribution in [2.75, 3.05) is 17.7 Å². The summed E-state index contributed by atoms with van der Waals surface area (Å²) in [5.41, 5.74) is 3.02. The normalized spacial score (nSPS) is 10.6. The maximum absolute atomic E-state index is 12.4. The van der Waals surface area contributed by atoms with Crippen molar-refractivity contribution in [1.29, 1.82) is 0 Å². The van der Waals surface area contributed by atoms with Crippen LogP contribution in [0.2, 0.25) is 5.02 Å². The Hall–Kier alpha value is -3.12. The quantitative estimate of drug-likeness (QED) is 0.594. The largest absolute Gasteiger partial charge is 0.495 e. The SMILES string of the molecule is COc1ccc(NC(=O)c2cnc(Nc3ccccc3C(C)C)nc2)cc1Cl. The number of aromatic nitrogens is 2. The Morgan fingerprint density at radius 2 is 1.82 bits per heavy atom. The zero-order chi connectivity index (χ0) is 20.1. The molecule has 0 saturated heterocycles. The molecule has 7 heteroatoms. The highest BCUT2D eigenvalue weighted by Crippen LogP contribution is 2.28. The second kappa shape index (κ2) is 8.71. The van der Waals surface area contributed by atoms with Crippen LogP contribution in [0, 0.1) is 0 Å². The molecule has 144 valence electrons. The number of anilines is 3. The van der Waals surface area contributed by atoms with Crippen molar-refractivity contribution in [1.82, 2.24) is 9.97 Å². The third-order valence-electron chi connectivity index (χ3n) is 4.15. The first-order chi connectivity index (χ1) is 13.5. The molecular weight excluding hydrogens is 376 g/mol. The van der Waals surface area contributed by atoms with Crippen LogP contribution in [0.25, 0.3) is 0 Å². The van der Waals surface area contributed by atoms with E-state index in [1.54, 1.807) is 18.2 Å². The Balaban J connectivity index is 1.70. The zero-order valence-electron chi connectivity index (χ0n) is 15.9. The van der Waals surface area contributed by atoms with Gasteiger partial charge in [-0.3, -0.25) is 4.79 Å². The predicted octanol–water partition coefficient (Wildman–Crippen LogP) is 5.26. The van der Waals surface area contributed by atoms with Crippen molar-refractivity contribution in [2.24, 2.45) is 0 Å². The van der Waals surface area contributed by atoms with Crippen LogP contribution in [-0.4, -0.2) is 23.0 Å². The minimum atomic E-state index is -0.324. The van der Waals surface area contributed by atoms with E-state index in [1.165, 1.54) is 25.1 Å². The molecule has 2 N–H and O–H groups in total. The molecule has 2 aromatic carbocycles. The molecule has 0 aliphatic heterocycles. The number of carbonyl (C=O) groups excluding carboxylic acids is 1. The van der Waals surface area contributed by atoms with Gasteiger partial charge in [0.15, 0.2) is 0 Å². The number of nitrogens with one attached hydrogen (secondary N) is 2. The van der Waals surface area contributed by atoms with Crippen LogP contribution in [-0.2, 0) is 0 Å². The summed E-state index contributed by atoms with van der Waals surface area (Å²) < 4.78 is 5.10. The molecule has 0 bridgehead atoms. The second-order valence-corrected chi connectivity index (χ2v) is 6.87. The lowest BCUT2D eigenvalue weighted by atomic mass is 10.0. The molecule has 3 aromatic rings. The third kappa shape index (κ3) is 4.58. The number of ether oxygens (including phenoxy) is 1. The van der Waals surface area contributed by atoms with Crippen molar-refractivity contribution >= 4 is 34.8 Å². The molecule has 0 unspecified atom stereocenters. The monoisotopic (exact) mass is 396 g/mol. The molecule has 0 atom stereocenters. The molecule has 1 amide bonds. The topological polar surface area (TPSA) is 76.1 Å². The Bertz CT molecular complexity index is 974. The molecule has 28 heavy (non-hydrogen) atoms. The molecule has 0 saturated carbocycles. The molecule has 0 radical (unpaired) electrons. The molecule has 1 aromatic heterocycles. The number of hydrogen-bond donors (Lipinski definition) is 2. The Morgan fingerprint density at radius 1 is 1.11 bits per heavy atom. The van der Waals surface area contributed by atoms with Crippen molar-refractivity contribution < 1.29 is 9.53 Å². The lowest BCUT2D eigenvalue weighted by Gasteiger charge is -2.13. The standard InChI is InChI=1S/C21H21ClN4O2/c1-13(2)16-6-4-5-7-18(16)26-21-23-11-14(12-24-21)20(27)25-15-8-9-19(28-3)17(22)10-15/h4-13H,1-3H3,(H,25,27)(H,23,24,26). The number of methoxy groups -OCH3 is 1. The van der Waals surface area contributed by atoms with Crippen LogP contribution in [0.4, 0.5) is 17.3 Å². The van der Waals surface area contributed by atoms with Gasteiger partial charge >= 0.3 is 0 Å². The molecule has 6 nitrogen and oxygen atoms in total. The summed E-state index contributed by atoms with van der Waals surface area (Å²) in [7, 11) is 1.53. The average Bonchev–Trinajstić information content (AvgIpc) is 2.69. The van der Waals surface area contributed by atoms with Gasteiger partial charge in [-0.2, -0.15) is 0 Å². The fourth-order valence-electron chi connectivity index (χ4n) is 2.69. The van der Waals surface area contributed by atoms with E-state index in [9.17, 15) is 4.79 Å². The fraction of sp³-hybridized carbons (Fsp3) is 0.190. The predicted molar refractivity (Wildman–Crippen MR) is 112 cm³/mol. The molecule has 0 spiro atoms. The van der Waals surface area contributed by atoms with E-state index in [2.05, 4.69) is 40.5 Å². The molecule has 0 aliphatic rings. The highest BCUT2D eigenvalue weighted by Gasteiger charge is 2.11. The number of carbonyl (C=O) groups is 1. The highest BCUT2D eigenvalue weighted by atomic mass is 35.5. The average molecular weight is 397 g/mol. The molecule has 3 rings (SSSR count). The number of para-hydroxylation sites is 1. The zero-order valence-corrected chi connectivity index (χ0v) is 16.6. The van der Waals surface area contributed by atoms with Crippen LogP contribution in [0.3, 0.4) is 0 Å². The van der Waals surface area contributed by atoms with Gasteiger partial charge in [-0.15, -0.1) is 0 Å². The minimum Gasteiger partial charge on any atom is -0.495 e. The summed E-state index contributed by atoms with van der Waals surface area (Å²) in [4.78, 5) is 20.9. The Kier molecular flexibility index (Phi) is 6.11. The summed E-state index contributed by atoms with van der Waals surface area (Å²) in [6.07, 6.45) is 2.96. The molecular formula is C21H21ClN4O2. The van der Waals surface area contributed by atoms with Crippen LogP contribution in [0.15, 0.2) is 54.9 Å². The number of amides is 1. The van der Waals surface area contributed by atoms with Gasteiger partial charge in [0.05, 0.1) is 17.7 Å². The van der Waals surface area contributed by atoms with Gasteiger partial charge < -0.3 is 15.4 Å². The van der Waals surface area contributed by atoms with Crippen molar-refractivity contribution in [3.05, 3.63) is 71.0 Å².